The Morgan fingerprint density at radius 2 is 2.43 bits per heavy atom. The topological polar surface area (TPSA) is 62.8 Å². The normalized spacial score (nSPS) is 10.7. The number of aliphatic imine (C=N–C) groups is 1. The van der Waals surface area contributed by atoms with Gasteiger partial charge < -0.3 is 5.73 Å². The molecule has 0 saturated carbocycles. The Balaban J connectivity index is 3.36. The van der Waals surface area contributed by atoms with Crippen molar-refractivity contribution in [3.05, 3.63) is 0 Å². The second-order valence-corrected chi connectivity index (χ2v) is 0.879. The highest BCUT2D eigenvalue weighted by atomic mass is 15.3. The van der Waals surface area contributed by atoms with Crippen molar-refractivity contribution in [1.29, 1.82) is 0 Å². The maximum Gasteiger partial charge on any atom is 0.209 e. The van der Waals surface area contributed by atoms with Gasteiger partial charge in [0.25, 0.3) is 0 Å². The zero-order chi connectivity index (χ0) is 5.70. The van der Waals surface area contributed by atoms with Crippen molar-refractivity contribution in [2.75, 3.05) is 7.05 Å². The average molecular weight is 100 g/mol. The second-order valence-electron chi connectivity index (χ2n) is 0.879. The summed E-state index contributed by atoms with van der Waals surface area (Å²) in [7, 11) is 1.56. The molecule has 0 amide bonds. The van der Waals surface area contributed by atoms with Gasteiger partial charge in [0.15, 0.2) is 0 Å². The Bertz CT molecular complexity index is 84.9. The fourth-order valence-corrected chi connectivity index (χ4v) is 0.131. The molecule has 0 aliphatic carbocycles. The molecule has 0 atom stereocenters. The van der Waals surface area contributed by atoms with Crippen LogP contribution in [0.2, 0.25) is 0 Å². The first-order chi connectivity index (χ1) is 3.31. The van der Waals surface area contributed by atoms with E-state index in [9.17, 15) is 0 Å². The lowest BCUT2D eigenvalue weighted by Crippen LogP contribution is -2.26. The van der Waals surface area contributed by atoms with Crippen LogP contribution in [0.15, 0.2) is 10.1 Å². The van der Waals surface area contributed by atoms with Gasteiger partial charge in [-0.1, -0.05) is 0 Å². The predicted molar refractivity (Wildman–Crippen MR) is 30.2 cm³/mol. The lowest BCUT2D eigenvalue weighted by Gasteiger charge is -1.91. The highest BCUT2D eigenvalue weighted by molar-refractivity contribution is 5.77. The third kappa shape index (κ3) is 2.75. The van der Waals surface area contributed by atoms with Crippen LogP contribution in [0.3, 0.4) is 0 Å². The molecule has 0 rings (SSSR count). The van der Waals surface area contributed by atoms with Gasteiger partial charge >= 0.3 is 0 Å². The van der Waals surface area contributed by atoms with E-state index in [0.717, 1.165) is 0 Å². The summed E-state index contributed by atoms with van der Waals surface area (Å²) in [6.45, 7) is 3.13. The van der Waals surface area contributed by atoms with Gasteiger partial charge in [-0.2, -0.15) is 5.10 Å². The number of nitrogens with zero attached hydrogens (tertiary/aromatic N) is 2. The summed E-state index contributed by atoms with van der Waals surface area (Å²) >= 11 is 0. The summed E-state index contributed by atoms with van der Waals surface area (Å²) in [5.41, 5.74) is 7.43. The van der Waals surface area contributed by atoms with Crippen LogP contribution < -0.4 is 11.2 Å². The molecule has 0 aromatic heterocycles. The Kier molecular flexibility index (Phi) is 2.67. The van der Waals surface area contributed by atoms with Crippen molar-refractivity contribution in [2.24, 2.45) is 15.8 Å². The van der Waals surface area contributed by atoms with E-state index in [1.165, 1.54) is 0 Å². The summed E-state index contributed by atoms with van der Waals surface area (Å²) in [4.78, 5) is 3.53. The number of nitrogens with two attached hydrogens (primary N) is 1. The Hall–Kier alpha value is -1.06. The number of guanidine groups is 1. The standard InChI is InChI=1S/C3H8N4/c1-5-3(4)7-6-2/h2H2,1H3,(H3,4,5,7). The van der Waals surface area contributed by atoms with Gasteiger partial charge in [0.05, 0.1) is 0 Å². The molecule has 4 nitrogen and oxygen atoms in total. The monoisotopic (exact) mass is 100 g/mol. The molecule has 0 radical (unpaired) electrons. The number of nitrogens with one attached hydrogen (secondary N) is 1. The van der Waals surface area contributed by atoms with Crippen LogP contribution in [-0.2, 0) is 0 Å². The van der Waals surface area contributed by atoms with Gasteiger partial charge in [-0.05, 0) is 0 Å². The molecule has 0 heterocycles. The molecule has 0 aliphatic rings. The van der Waals surface area contributed by atoms with Gasteiger partial charge in [0.1, 0.15) is 0 Å². The molecule has 3 N–H and O–H groups in total. The van der Waals surface area contributed by atoms with Gasteiger partial charge in [0.2, 0.25) is 5.96 Å². The van der Waals surface area contributed by atoms with Gasteiger partial charge in [-0.3, -0.25) is 4.99 Å². The zero-order valence-corrected chi connectivity index (χ0v) is 4.18. The van der Waals surface area contributed by atoms with Crippen molar-refractivity contribution in [1.82, 2.24) is 5.43 Å². The van der Waals surface area contributed by atoms with Crippen LogP contribution in [0.4, 0.5) is 0 Å². The van der Waals surface area contributed by atoms with Crippen LogP contribution in [0.1, 0.15) is 0 Å². The molecular formula is C3H8N4. The zero-order valence-electron chi connectivity index (χ0n) is 4.18. The smallest absolute Gasteiger partial charge is 0.209 e. The van der Waals surface area contributed by atoms with Crippen LogP contribution in [0.25, 0.3) is 0 Å². The summed E-state index contributed by atoms with van der Waals surface area (Å²) in [6, 6.07) is 0. The minimum absolute atomic E-state index is 0.273. The molecule has 0 aromatic carbocycles. The first kappa shape index (κ1) is 5.94. The number of hydrogen-bond donors (Lipinski definition) is 2. The van der Waals surface area contributed by atoms with Crippen molar-refractivity contribution >= 4 is 12.7 Å². The Labute approximate surface area is 42.1 Å². The maximum absolute atomic E-state index is 5.09. The molecular weight excluding hydrogens is 92.1 g/mol. The Morgan fingerprint density at radius 3 is 2.57 bits per heavy atom. The molecule has 0 aromatic rings. The third-order valence-electron chi connectivity index (χ3n) is 0.435. The largest absolute Gasteiger partial charge is 0.369 e. The molecule has 0 unspecified atom stereocenters. The third-order valence-corrected chi connectivity index (χ3v) is 0.435. The van der Waals surface area contributed by atoms with Crippen molar-refractivity contribution < 1.29 is 0 Å². The molecule has 7 heavy (non-hydrogen) atoms. The summed E-state index contributed by atoms with van der Waals surface area (Å²) < 4.78 is 0. The van der Waals surface area contributed by atoms with Crippen molar-refractivity contribution in [2.45, 2.75) is 0 Å². The SMILES string of the molecule is C=NN/C(N)=N\C. The van der Waals surface area contributed by atoms with Gasteiger partial charge in [0, 0.05) is 13.8 Å². The lowest BCUT2D eigenvalue weighted by molar-refractivity contribution is 1.01. The summed E-state index contributed by atoms with van der Waals surface area (Å²) in [5.74, 6) is 0.273. The average Bonchev–Trinajstić information content (AvgIpc) is 1.68. The van der Waals surface area contributed by atoms with Crippen molar-refractivity contribution in [3.63, 3.8) is 0 Å². The first-order valence-electron chi connectivity index (χ1n) is 1.75. The molecule has 0 aliphatic heterocycles. The summed E-state index contributed by atoms with van der Waals surface area (Å²) in [6.07, 6.45) is 0. The quantitative estimate of drug-likeness (QED) is 0.256. The Morgan fingerprint density at radius 1 is 1.86 bits per heavy atom. The lowest BCUT2D eigenvalue weighted by atomic mass is 11.0. The first-order valence-corrected chi connectivity index (χ1v) is 1.75. The van der Waals surface area contributed by atoms with E-state index in [0.29, 0.717) is 0 Å². The van der Waals surface area contributed by atoms with Crippen LogP contribution >= 0.6 is 0 Å². The molecule has 0 fully saturated rings. The number of rotatable bonds is 1. The fraction of sp³-hybridized carbons (Fsp3) is 0.333. The highest BCUT2D eigenvalue weighted by Gasteiger charge is 1.75. The van der Waals surface area contributed by atoms with E-state index in [4.69, 9.17) is 5.73 Å². The number of hydrogen-bond acceptors (Lipinski definition) is 2. The number of hydrazone groups is 1. The van der Waals surface area contributed by atoms with E-state index >= 15 is 0 Å². The minimum Gasteiger partial charge on any atom is -0.369 e. The van der Waals surface area contributed by atoms with E-state index in [1.807, 2.05) is 0 Å². The van der Waals surface area contributed by atoms with Crippen LogP contribution in [0.5, 0.6) is 0 Å². The summed E-state index contributed by atoms with van der Waals surface area (Å²) in [5, 5.41) is 3.25. The fourth-order valence-electron chi connectivity index (χ4n) is 0.131. The maximum atomic E-state index is 5.09. The minimum atomic E-state index is 0.273. The predicted octanol–water partition coefficient (Wildman–Crippen LogP) is -0.864. The molecule has 40 valence electrons. The van der Waals surface area contributed by atoms with Crippen LogP contribution in [-0.4, -0.2) is 19.7 Å². The van der Waals surface area contributed by atoms with Crippen molar-refractivity contribution in [3.8, 4) is 0 Å². The van der Waals surface area contributed by atoms with E-state index in [1.54, 1.807) is 7.05 Å². The van der Waals surface area contributed by atoms with E-state index in [-0.39, 0.29) is 5.96 Å². The molecule has 0 saturated heterocycles. The molecule has 0 spiro atoms. The molecule has 4 heteroatoms. The highest BCUT2D eigenvalue weighted by Crippen LogP contribution is 1.53. The van der Waals surface area contributed by atoms with Gasteiger partial charge in [-0.25, -0.2) is 5.43 Å². The van der Waals surface area contributed by atoms with Gasteiger partial charge in [-0.15, -0.1) is 0 Å². The van der Waals surface area contributed by atoms with E-state index in [2.05, 4.69) is 22.2 Å². The molecule has 0 bridgehead atoms. The van der Waals surface area contributed by atoms with Crippen LogP contribution in [0, 0.1) is 0 Å². The second kappa shape index (κ2) is 3.14. The van der Waals surface area contributed by atoms with E-state index < -0.39 is 0 Å².